The van der Waals surface area contributed by atoms with Gasteiger partial charge in [-0.15, -0.1) is 23.7 Å². The second-order valence-corrected chi connectivity index (χ2v) is 9.53. The first-order valence-corrected chi connectivity index (χ1v) is 9.96. The van der Waals surface area contributed by atoms with Gasteiger partial charge in [-0.05, 0) is 55.3 Å². The minimum absolute atomic E-state index is 0. The summed E-state index contributed by atoms with van der Waals surface area (Å²) in [5.41, 5.74) is 5.92. The molecule has 4 nitrogen and oxygen atoms in total. The minimum Gasteiger partial charge on any atom is -0.328 e. The van der Waals surface area contributed by atoms with Crippen molar-refractivity contribution in [3.63, 3.8) is 0 Å². The molecule has 1 aromatic carbocycles. The number of piperidine rings is 1. The average molecular weight is 395 g/mol. The molecule has 1 fully saturated rings. The zero-order valence-corrected chi connectivity index (χ0v) is 15.9. The van der Waals surface area contributed by atoms with E-state index in [2.05, 4.69) is 0 Å². The van der Waals surface area contributed by atoms with Crippen LogP contribution in [0.3, 0.4) is 0 Å². The molecule has 0 radical (unpaired) electrons. The van der Waals surface area contributed by atoms with Crippen LogP contribution in [0.5, 0.6) is 0 Å². The highest BCUT2D eigenvalue weighted by Gasteiger charge is 2.31. The third-order valence-electron chi connectivity index (χ3n) is 4.29. The van der Waals surface area contributed by atoms with E-state index in [-0.39, 0.29) is 18.4 Å². The van der Waals surface area contributed by atoms with Gasteiger partial charge >= 0.3 is 0 Å². The first-order chi connectivity index (χ1) is 10.4. The topological polar surface area (TPSA) is 63.4 Å². The Balaban J connectivity index is 0.00000192. The first kappa shape index (κ1) is 19.0. The smallest absolute Gasteiger partial charge is 0.252 e. The lowest BCUT2D eigenvalue weighted by atomic mass is 9.92. The molecule has 2 N–H and O–H groups in total. The predicted octanol–water partition coefficient (Wildman–Crippen LogP) is 3.72. The van der Waals surface area contributed by atoms with Crippen LogP contribution in [0.4, 0.5) is 0 Å². The Kier molecular flexibility index (Phi) is 5.98. The Morgan fingerprint density at radius 2 is 1.96 bits per heavy atom. The van der Waals surface area contributed by atoms with Gasteiger partial charge in [0, 0.05) is 28.9 Å². The Labute approximate surface area is 152 Å². The van der Waals surface area contributed by atoms with E-state index in [0.29, 0.717) is 28.2 Å². The number of nitrogens with two attached hydrogens (primary N) is 1. The third kappa shape index (κ3) is 3.83. The molecule has 1 aliphatic rings. The van der Waals surface area contributed by atoms with Crippen LogP contribution in [0, 0.1) is 5.92 Å². The van der Waals surface area contributed by atoms with E-state index in [1.54, 1.807) is 22.5 Å². The molecule has 0 aliphatic carbocycles. The van der Waals surface area contributed by atoms with Crippen molar-refractivity contribution in [2.45, 2.75) is 30.0 Å². The number of hydrogen-bond donors (Lipinski definition) is 1. The van der Waals surface area contributed by atoms with Gasteiger partial charge in [-0.1, -0.05) is 11.6 Å². The van der Waals surface area contributed by atoms with Gasteiger partial charge in [0.15, 0.2) is 0 Å². The molecule has 0 amide bonds. The fourth-order valence-corrected chi connectivity index (χ4v) is 6.07. The largest absolute Gasteiger partial charge is 0.328 e. The summed E-state index contributed by atoms with van der Waals surface area (Å²) in [6, 6.07) is 7.29. The average Bonchev–Trinajstić information content (AvgIpc) is 2.91. The zero-order chi connectivity index (χ0) is 15.9. The number of thiophene rings is 1. The van der Waals surface area contributed by atoms with Gasteiger partial charge in [-0.3, -0.25) is 0 Å². The van der Waals surface area contributed by atoms with Crippen molar-refractivity contribution < 1.29 is 8.42 Å². The van der Waals surface area contributed by atoms with E-state index >= 15 is 0 Å². The normalized spacial score (nSPS) is 18.7. The molecule has 8 heteroatoms. The number of nitrogens with zero attached hydrogens (tertiary/aromatic N) is 1. The zero-order valence-electron chi connectivity index (χ0n) is 12.7. The summed E-state index contributed by atoms with van der Waals surface area (Å²) >= 11 is 7.27. The van der Waals surface area contributed by atoms with Crippen molar-refractivity contribution >= 4 is 55.5 Å². The molecule has 1 saturated heterocycles. The lowest BCUT2D eigenvalue weighted by molar-refractivity contribution is 0.251. The second kappa shape index (κ2) is 7.25. The lowest BCUT2D eigenvalue weighted by Gasteiger charge is -2.32. The molecule has 0 bridgehead atoms. The SMILES string of the molecule is CC(N)C1CCN(S(=O)(=O)c2cc3cc(Cl)ccc3s2)CC1.Cl. The number of sulfonamides is 1. The van der Waals surface area contributed by atoms with Gasteiger partial charge in [0.1, 0.15) is 4.21 Å². The molecule has 2 heterocycles. The molecule has 128 valence electrons. The van der Waals surface area contributed by atoms with E-state index in [1.807, 2.05) is 13.0 Å². The molecule has 23 heavy (non-hydrogen) atoms. The van der Waals surface area contributed by atoms with Crippen molar-refractivity contribution in [2.75, 3.05) is 13.1 Å². The van der Waals surface area contributed by atoms with Crippen molar-refractivity contribution in [1.82, 2.24) is 4.31 Å². The molecule has 0 saturated carbocycles. The van der Waals surface area contributed by atoms with Crippen LogP contribution in [-0.2, 0) is 10.0 Å². The Hall–Kier alpha value is -0.370. The summed E-state index contributed by atoms with van der Waals surface area (Å²) in [6.45, 7) is 3.08. The van der Waals surface area contributed by atoms with Crippen LogP contribution in [-0.4, -0.2) is 31.9 Å². The molecular weight excluding hydrogens is 375 g/mol. The number of rotatable bonds is 3. The number of hydrogen-bond acceptors (Lipinski definition) is 4. The molecule has 2 aromatic rings. The summed E-state index contributed by atoms with van der Waals surface area (Å²) in [7, 11) is -3.42. The maximum atomic E-state index is 12.8. The van der Waals surface area contributed by atoms with Gasteiger partial charge in [-0.2, -0.15) is 4.31 Å². The minimum atomic E-state index is -3.42. The number of halogens is 2. The third-order valence-corrected chi connectivity index (χ3v) is 7.99. The maximum absolute atomic E-state index is 12.8. The predicted molar refractivity (Wildman–Crippen MR) is 99.2 cm³/mol. The van der Waals surface area contributed by atoms with Gasteiger partial charge < -0.3 is 5.73 Å². The van der Waals surface area contributed by atoms with Crippen molar-refractivity contribution in [2.24, 2.45) is 11.7 Å². The van der Waals surface area contributed by atoms with Crippen molar-refractivity contribution in [3.05, 3.63) is 29.3 Å². The lowest BCUT2D eigenvalue weighted by Crippen LogP contribution is -2.42. The van der Waals surface area contributed by atoms with Crippen molar-refractivity contribution in [1.29, 1.82) is 0 Å². The van der Waals surface area contributed by atoms with Gasteiger partial charge in [0.05, 0.1) is 0 Å². The van der Waals surface area contributed by atoms with Crippen LogP contribution in [0.1, 0.15) is 19.8 Å². The first-order valence-electron chi connectivity index (χ1n) is 7.33. The summed E-state index contributed by atoms with van der Waals surface area (Å²) in [5, 5.41) is 1.49. The Bertz CT molecular complexity index is 782. The van der Waals surface area contributed by atoms with Gasteiger partial charge in [0.2, 0.25) is 0 Å². The fourth-order valence-electron chi connectivity index (χ4n) is 2.89. The van der Waals surface area contributed by atoms with E-state index < -0.39 is 10.0 Å². The monoisotopic (exact) mass is 394 g/mol. The van der Waals surface area contributed by atoms with Gasteiger partial charge in [0.25, 0.3) is 10.0 Å². The fraction of sp³-hybridized carbons (Fsp3) is 0.467. The van der Waals surface area contributed by atoms with Crippen LogP contribution in [0.15, 0.2) is 28.5 Å². The molecule has 1 aliphatic heterocycles. The van der Waals surface area contributed by atoms with Crippen LogP contribution in [0.2, 0.25) is 5.02 Å². The van der Waals surface area contributed by atoms with Crippen LogP contribution >= 0.6 is 35.3 Å². The van der Waals surface area contributed by atoms with Gasteiger partial charge in [-0.25, -0.2) is 8.42 Å². The number of fused-ring (bicyclic) bond motifs is 1. The molecule has 1 atom stereocenters. The molecular formula is C15H20Cl2N2O2S2. The van der Waals surface area contributed by atoms with Crippen LogP contribution in [0.25, 0.3) is 10.1 Å². The highest BCUT2D eigenvalue weighted by molar-refractivity contribution is 7.91. The molecule has 1 aromatic heterocycles. The molecule has 1 unspecified atom stereocenters. The van der Waals surface area contributed by atoms with Crippen molar-refractivity contribution in [3.8, 4) is 0 Å². The summed E-state index contributed by atoms with van der Waals surface area (Å²) < 4.78 is 28.5. The summed E-state index contributed by atoms with van der Waals surface area (Å²) in [4.78, 5) is 0. The highest BCUT2D eigenvalue weighted by atomic mass is 35.5. The summed E-state index contributed by atoms with van der Waals surface area (Å²) in [6.07, 6.45) is 1.65. The standard InChI is InChI=1S/C15H19ClN2O2S2.ClH/c1-10(17)11-4-6-18(7-5-11)22(19,20)15-9-12-8-13(16)2-3-14(12)21-15;/h2-3,8-11H,4-7,17H2,1H3;1H. The van der Waals surface area contributed by atoms with E-state index in [4.69, 9.17) is 17.3 Å². The number of benzene rings is 1. The molecule has 3 rings (SSSR count). The van der Waals surface area contributed by atoms with Crippen LogP contribution < -0.4 is 5.73 Å². The Morgan fingerprint density at radius 3 is 2.57 bits per heavy atom. The van der Waals surface area contributed by atoms with E-state index in [1.165, 1.54) is 11.3 Å². The highest BCUT2D eigenvalue weighted by Crippen LogP contribution is 2.34. The maximum Gasteiger partial charge on any atom is 0.252 e. The summed E-state index contributed by atoms with van der Waals surface area (Å²) in [5.74, 6) is 0.410. The van der Waals surface area contributed by atoms with E-state index in [9.17, 15) is 8.42 Å². The Morgan fingerprint density at radius 1 is 1.30 bits per heavy atom. The quantitative estimate of drug-likeness (QED) is 0.862. The second-order valence-electron chi connectivity index (χ2n) is 5.85. The molecule has 0 spiro atoms. The van der Waals surface area contributed by atoms with E-state index in [0.717, 1.165) is 22.9 Å².